The molecule has 33 heavy (non-hydrogen) atoms. The van der Waals surface area contributed by atoms with Crippen LogP contribution in [0.1, 0.15) is 161 Å². The molecule has 2 N–H and O–H groups in total. The summed E-state index contributed by atoms with van der Waals surface area (Å²) in [5.41, 5.74) is 4.85. The van der Waals surface area contributed by atoms with Gasteiger partial charge >= 0.3 is 18.6 Å². The standard InChI is InChI=1S/C8H15O2.C6H14.C4H9.2C3H8.C2H7N.C2H6.CH4.V/c1-4-5-6-7(2)8(9)10-3;1-3-5-6-4-2;1-3-4-2;2*1-3-2;1-2-3;1-2;;/h7H,3-6H2,1-2H3;3-6H2,1-2H3;1,3-4H2,2H3;2*3H2,1-2H3;2-3H2,1H3;1-2H3;1H4;/q-1;;-1;;;;;;+2. The van der Waals surface area contributed by atoms with Crippen LogP contribution in [0.3, 0.4) is 0 Å². The third-order valence-electron chi connectivity index (χ3n) is 2.85. The van der Waals surface area contributed by atoms with E-state index in [4.69, 9.17) is 5.73 Å². The number of hydrogen-bond donors (Lipinski definition) is 1. The van der Waals surface area contributed by atoms with E-state index in [1.165, 1.54) is 44.9 Å². The molecule has 1 atom stereocenters. The molecule has 0 aromatic carbocycles. The predicted molar refractivity (Wildman–Crippen MR) is 155 cm³/mol. The number of nitrogens with two attached hydrogens (primary N) is 1. The van der Waals surface area contributed by atoms with Crippen LogP contribution >= 0.6 is 0 Å². The summed E-state index contributed by atoms with van der Waals surface area (Å²) in [6.07, 6.45) is 13.4. The van der Waals surface area contributed by atoms with Gasteiger partial charge in [-0.25, -0.2) is 0 Å². The molecule has 3 nitrogen and oxygen atoms in total. The molecule has 0 aliphatic carbocycles. The molecule has 0 amide bonds. The molecular weight excluding hydrogens is 445 g/mol. The third kappa shape index (κ3) is 147. The second kappa shape index (κ2) is 85.2. The fourth-order valence-electron chi connectivity index (χ4n) is 1.27. The summed E-state index contributed by atoms with van der Waals surface area (Å²) in [6.45, 7) is 29.3. The average molecular weight is 517 g/mol. The zero-order chi connectivity index (χ0) is 26.3. The number of unbranched alkanes of at least 4 members (excludes halogenated alkanes) is 5. The molecule has 0 fully saturated rings. The van der Waals surface area contributed by atoms with E-state index >= 15 is 0 Å². The van der Waals surface area contributed by atoms with Gasteiger partial charge in [-0.2, -0.15) is 13.5 Å². The van der Waals surface area contributed by atoms with Gasteiger partial charge < -0.3 is 17.4 Å². The zero-order valence-corrected chi connectivity index (χ0v) is 26.2. The monoisotopic (exact) mass is 516 g/mol. The maximum atomic E-state index is 10.7. The number of ether oxygens (including phenoxy) is 1. The molecule has 0 saturated carbocycles. The second-order valence-corrected chi connectivity index (χ2v) is 6.89. The van der Waals surface area contributed by atoms with Gasteiger partial charge in [-0.05, 0) is 13.0 Å². The van der Waals surface area contributed by atoms with Gasteiger partial charge in [-0.15, -0.1) is 0 Å². The number of esters is 1. The van der Waals surface area contributed by atoms with Crippen LogP contribution in [0.5, 0.6) is 0 Å². The van der Waals surface area contributed by atoms with Crippen LogP contribution < -0.4 is 5.73 Å². The largest absolute Gasteiger partial charge is 2.00 e. The van der Waals surface area contributed by atoms with Crippen molar-refractivity contribution < 1.29 is 28.1 Å². The first-order chi connectivity index (χ1) is 14.8. The summed E-state index contributed by atoms with van der Waals surface area (Å²) in [7, 11) is 3.07. The van der Waals surface area contributed by atoms with E-state index in [-0.39, 0.29) is 37.9 Å². The molecular formula is C29H71NO2V. The van der Waals surface area contributed by atoms with Gasteiger partial charge in [0.25, 0.3) is 5.97 Å². The van der Waals surface area contributed by atoms with Crippen molar-refractivity contribution in [3.8, 4) is 0 Å². The van der Waals surface area contributed by atoms with E-state index in [1.54, 1.807) is 0 Å². The zero-order valence-electron chi connectivity index (χ0n) is 24.8. The first-order valence-corrected chi connectivity index (χ1v) is 13.2. The first-order valence-electron chi connectivity index (χ1n) is 13.2. The second-order valence-electron chi connectivity index (χ2n) is 6.89. The molecule has 0 saturated heterocycles. The van der Waals surface area contributed by atoms with Gasteiger partial charge in [0.05, 0.1) is 5.92 Å². The molecule has 209 valence electrons. The first kappa shape index (κ1) is 58.7. The van der Waals surface area contributed by atoms with Crippen LogP contribution in [0.2, 0.25) is 0 Å². The summed E-state index contributed by atoms with van der Waals surface area (Å²) in [4.78, 5) is 10.7. The van der Waals surface area contributed by atoms with Crippen molar-refractivity contribution in [1.29, 1.82) is 0 Å². The topological polar surface area (TPSA) is 52.3 Å². The number of carbonyl (C=O) groups is 1. The van der Waals surface area contributed by atoms with Crippen LogP contribution in [0.15, 0.2) is 0 Å². The Bertz CT molecular complexity index is 205. The summed E-state index contributed by atoms with van der Waals surface area (Å²) in [5.74, 6) is -0.189. The van der Waals surface area contributed by atoms with Crippen molar-refractivity contribution in [3.05, 3.63) is 14.0 Å². The Morgan fingerprint density at radius 3 is 1.18 bits per heavy atom. The van der Waals surface area contributed by atoms with Crippen molar-refractivity contribution in [1.82, 2.24) is 0 Å². The molecule has 0 rings (SSSR count). The summed E-state index contributed by atoms with van der Waals surface area (Å²) in [5, 5.41) is 0. The molecule has 1 radical (unpaired) electrons. The summed E-state index contributed by atoms with van der Waals surface area (Å²) in [6, 6.07) is 0. The Kier molecular flexibility index (Phi) is 151. The van der Waals surface area contributed by atoms with E-state index < -0.39 is 0 Å². The number of carbonyl (C=O) groups excluding carboxylic acids is 1. The Balaban J connectivity index is -0.0000000313. The smallest absolute Gasteiger partial charge is 0.640 e. The van der Waals surface area contributed by atoms with E-state index in [1.807, 2.05) is 27.7 Å². The van der Waals surface area contributed by atoms with Crippen LogP contribution in [0.25, 0.3) is 0 Å². The fourth-order valence-corrected chi connectivity index (χ4v) is 1.27. The minimum atomic E-state index is -0.201. The quantitative estimate of drug-likeness (QED) is 0.198. The molecule has 0 aromatic heterocycles. The van der Waals surface area contributed by atoms with E-state index in [9.17, 15) is 4.79 Å². The number of hydrogen-bond acceptors (Lipinski definition) is 3. The van der Waals surface area contributed by atoms with E-state index in [2.05, 4.69) is 74.2 Å². The Hall–Kier alpha value is 0.0144. The molecule has 4 heteroatoms. The molecule has 0 spiro atoms. The van der Waals surface area contributed by atoms with Crippen LogP contribution in [0.4, 0.5) is 0 Å². The number of rotatable bonds is 8. The van der Waals surface area contributed by atoms with Crippen molar-refractivity contribution in [2.75, 3.05) is 6.54 Å². The molecule has 1 unspecified atom stereocenters. The maximum Gasteiger partial charge on any atom is 2.00 e. The van der Waals surface area contributed by atoms with E-state index in [0.717, 1.165) is 32.2 Å². The van der Waals surface area contributed by atoms with Gasteiger partial charge in [-0.3, -0.25) is 4.79 Å². The Morgan fingerprint density at radius 2 is 1.03 bits per heavy atom. The van der Waals surface area contributed by atoms with Crippen LogP contribution in [-0.2, 0) is 28.1 Å². The van der Waals surface area contributed by atoms with Crippen LogP contribution in [-0.4, -0.2) is 12.5 Å². The molecule has 0 heterocycles. The molecule has 0 aliphatic heterocycles. The van der Waals surface area contributed by atoms with Gasteiger partial charge in [-0.1, -0.05) is 148 Å². The Labute approximate surface area is 227 Å². The predicted octanol–water partition coefficient (Wildman–Crippen LogP) is 10.8. The van der Waals surface area contributed by atoms with Gasteiger partial charge in [0, 0.05) is 0 Å². The van der Waals surface area contributed by atoms with Crippen molar-refractivity contribution in [2.24, 2.45) is 11.7 Å². The summed E-state index contributed by atoms with van der Waals surface area (Å²) >= 11 is 0. The molecule has 0 aromatic rings. The third-order valence-corrected chi connectivity index (χ3v) is 2.85. The van der Waals surface area contributed by atoms with Gasteiger partial charge in [0.15, 0.2) is 0 Å². The van der Waals surface area contributed by atoms with E-state index in [0.29, 0.717) is 0 Å². The molecule has 0 bridgehead atoms. The fraction of sp³-hybridized carbons (Fsp3) is 0.897. The Morgan fingerprint density at radius 1 is 0.788 bits per heavy atom. The van der Waals surface area contributed by atoms with Crippen molar-refractivity contribution >= 4 is 5.97 Å². The van der Waals surface area contributed by atoms with Crippen LogP contribution in [0, 0.1) is 20.0 Å². The normalized spacial score (nSPS) is 8.21. The maximum absolute atomic E-state index is 10.7. The SMILES string of the molecule is C.CC.CCC.CCC.CCCCCC.CCN.[CH2-]CCC.[CH2-]OC(=O)C(C)CCCC.[V+2]. The van der Waals surface area contributed by atoms with Gasteiger partial charge in [0.1, 0.15) is 0 Å². The average Bonchev–Trinajstić information content (AvgIpc) is 2.79. The minimum Gasteiger partial charge on any atom is -0.640 e. The molecule has 0 aliphatic rings. The van der Waals surface area contributed by atoms with Crippen molar-refractivity contribution in [3.63, 3.8) is 0 Å². The minimum absolute atomic E-state index is 0. The van der Waals surface area contributed by atoms with Gasteiger partial charge in [0.2, 0.25) is 0 Å². The van der Waals surface area contributed by atoms with Crippen molar-refractivity contribution in [2.45, 2.75) is 161 Å². The summed E-state index contributed by atoms with van der Waals surface area (Å²) < 4.78 is 4.32.